The van der Waals surface area contributed by atoms with Crippen LogP contribution in [0.15, 0.2) is 66.7 Å². The first-order valence-electron chi connectivity index (χ1n) is 13.6. The van der Waals surface area contributed by atoms with Gasteiger partial charge in [-0.3, -0.25) is 4.79 Å². The summed E-state index contributed by atoms with van der Waals surface area (Å²) in [6, 6.07) is 22.2. The first kappa shape index (κ1) is 27.8. The van der Waals surface area contributed by atoms with Crippen molar-refractivity contribution in [2.75, 3.05) is 6.61 Å². The number of nitrogens with one attached hydrogen (secondary N) is 2. The van der Waals surface area contributed by atoms with Crippen molar-refractivity contribution >= 4 is 22.6 Å². The molecule has 0 unspecified atom stereocenters. The molecule has 1 aliphatic carbocycles. The molecule has 6 heteroatoms. The predicted octanol–water partition coefficient (Wildman–Crippen LogP) is 5.65. The highest BCUT2D eigenvalue weighted by atomic mass is 16.6. The summed E-state index contributed by atoms with van der Waals surface area (Å²) in [5, 5.41) is 18.6. The Hall–Kier alpha value is -3.22. The lowest BCUT2D eigenvalue weighted by molar-refractivity contribution is -0.158. The zero-order valence-corrected chi connectivity index (χ0v) is 22.9. The molecule has 1 amide bonds. The van der Waals surface area contributed by atoms with Crippen LogP contribution in [0.1, 0.15) is 86.8 Å². The Morgan fingerprint density at radius 2 is 1.71 bits per heavy atom. The number of ether oxygens (including phenoxy) is 1. The predicted molar refractivity (Wildman–Crippen MR) is 151 cm³/mol. The lowest BCUT2D eigenvalue weighted by atomic mass is 9.80. The summed E-state index contributed by atoms with van der Waals surface area (Å²) in [5.41, 5.74) is 2.30. The van der Waals surface area contributed by atoms with E-state index in [1.165, 1.54) is 21.9 Å². The second-order valence-corrected chi connectivity index (χ2v) is 11.4. The third-order valence-electron chi connectivity index (χ3n) is 7.27. The van der Waals surface area contributed by atoms with E-state index in [0.717, 1.165) is 25.7 Å². The van der Waals surface area contributed by atoms with E-state index in [4.69, 9.17) is 4.74 Å². The van der Waals surface area contributed by atoms with Gasteiger partial charge in [-0.25, -0.2) is 4.79 Å². The highest BCUT2D eigenvalue weighted by molar-refractivity contribution is 5.96. The van der Waals surface area contributed by atoms with Gasteiger partial charge in [0.05, 0.1) is 6.61 Å². The molecule has 1 fully saturated rings. The van der Waals surface area contributed by atoms with Crippen molar-refractivity contribution in [1.82, 2.24) is 10.6 Å². The third kappa shape index (κ3) is 7.00. The molecule has 0 aliphatic heterocycles. The van der Waals surface area contributed by atoms with Crippen LogP contribution in [0.5, 0.6) is 0 Å². The Kier molecular flexibility index (Phi) is 8.85. The van der Waals surface area contributed by atoms with Gasteiger partial charge in [0.2, 0.25) is 0 Å². The molecule has 202 valence electrons. The van der Waals surface area contributed by atoms with Gasteiger partial charge in [0.1, 0.15) is 5.60 Å². The molecule has 0 radical (unpaired) electrons. The van der Waals surface area contributed by atoms with Crippen LogP contribution in [0, 0.1) is 0 Å². The fourth-order valence-corrected chi connectivity index (χ4v) is 5.42. The molecule has 0 aromatic heterocycles. The van der Waals surface area contributed by atoms with Gasteiger partial charge in [0.15, 0.2) is 6.04 Å². The first-order valence-corrected chi connectivity index (χ1v) is 13.6. The Labute approximate surface area is 225 Å². The minimum atomic E-state index is -1.10. The number of rotatable bonds is 8. The van der Waals surface area contributed by atoms with Gasteiger partial charge < -0.3 is 20.5 Å². The van der Waals surface area contributed by atoms with E-state index in [0.29, 0.717) is 17.5 Å². The smallest absolute Gasteiger partial charge is 0.331 e. The number of carbonyl (C=O) groups is 2. The van der Waals surface area contributed by atoms with Gasteiger partial charge in [-0.15, -0.1) is 0 Å². The number of hydrogen-bond donors (Lipinski definition) is 3. The summed E-state index contributed by atoms with van der Waals surface area (Å²) in [6.07, 6.45) is 4.48. The van der Waals surface area contributed by atoms with E-state index in [2.05, 4.69) is 60.0 Å². The maximum atomic E-state index is 12.7. The molecule has 3 N–H and O–H groups in total. The maximum Gasteiger partial charge on any atom is 0.331 e. The van der Waals surface area contributed by atoms with Crippen molar-refractivity contribution in [3.63, 3.8) is 0 Å². The SMILES string of the molecule is C[C@@H](N[C@H]1CCC[C@H](c2ccc(C(=O)N[C@@H](CO)C(=O)OC(C)(C)C)cc2)C1)c1cccc2ccccc12. The number of aliphatic hydroxyl groups is 1. The highest BCUT2D eigenvalue weighted by Crippen LogP contribution is 2.34. The Balaban J connectivity index is 1.37. The average Bonchev–Trinajstić information content (AvgIpc) is 2.90. The van der Waals surface area contributed by atoms with Crippen molar-refractivity contribution in [2.45, 2.75) is 83.0 Å². The summed E-state index contributed by atoms with van der Waals surface area (Å²) < 4.78 is 5.29. The van der Waals surface area contributed by atoms with Crippen molar-refractivity contribution < 1.29 is 19.4 Å². The van der Waals surface area contributed by atoms with Crippen LogP contribution >= 0.6 is 0 Å². The second-order valence-electron chi connectivity index (χ2n) is 11.4. The molecule has 0 bridgehead atoms. The van der Waals surface area contributed by atoms with Gasteiger partial charge in [-0.1, -0.05) is 61.0 Å². The van der Waals surface area contributed by atoms with E-state index in [1.807, 2.05) is 12.1 Å². The Morgan fingerprint density at radius 1 is 1.00 bits per heavy atom. The lowest BCUT2D eigenvalue weighted by Gasteiger charge is -2.32. The third-order valence-corrected chi connectivity index (χ3v) is 7.27. The Morgan fingerprint density at radius 3 is 2.42 bits per heavy atom. The normalized spacial score (nSPS) is 19.5. The molecule has 3 aromatic carbocycles. The first-order chi connectivity index (χ1) is 18.1. The van der Waals surface area contributed by atoms with Crippen LogP contribution in [0.4, 0.5) is 0 Å². The van der Waals surface area contributed by atoms with Crippen LogP contribution in [0.3, 0.4) is 0 Å². The quantitative estimate of drug-likeness (QED) is 0.337. The highest BCUT2D eigenvalue weighted by Gasteiger charge is 2.27. The molecule has 0 saturated heterocycles. The number of carbonyl (C=O) groups excluding carboxylic acids is 2. The molecule has 3 aromatic rings. The molecule has 6 nitrogen and oxygen atoms in total. The van der Waals surface area contributed by atoms with Gasteiger partial charge in [-0.05, 0) is 86.9 Å². The van der Waals surface area contributed by atoms with Crippen LogP contribution in [-0.4, -0.2) is 41.3 Å². The molecule has 0 spiro atoms. The fourth-order valence-electron chi connectivity index (χ4n) is 5.42. The lowest BCUT2D eigenvalue weighted by Crippen LogP contribution is -2.46. The number of aliphatic hydroxyl groups excluding tert-OH is 1. The molecule has 4 atom stereocenters. The van der Waals surface area contributed by atoms with Crippen LogP contribution in [0.2, 0.25) is 0 Å². The van der Waals surface area contributed by atoms with Crippen molar-refractivity contribution in [3.8, 4) is 0 Å². The standard InChI is InChI=1S/C32H40N2O4/c1-21(27-14-8-10-23-9-5-6-13-28(23)27)33-26-12-7-11-25(19-26)22-15-17-24(18-16-22)30(36)34-29(20-35)31(37)38-32(2,3)4/h5-6,8-10,13-18,21,25-26,29,33,35H,7,11-12,19-20H2,1-4H3,(H,34,36)/t21-,25+,26+,29+/m1/s1. The average molecular weight is 517 g/mol. The monoisotopic (exact) mass is 516 g/mol. The fraction of sp³-hybridized carbons (Fsp3) is 0.438. The van der Waals surface area contributed by atoms with Gasteiger partial charge in [-0.2, -0.15) is 0 Å². The zero-order chi connectivity index (χ0) is 27.3. The molecule has 0 heterocycles. The van der Waals surface area contributed by atoms with Crippen molar-refractivity contribution in [2.24, 2.45) is 0 Å². The number of hydrogen-bond acceptors (Lipinski definition) is 5. The summed E-state index contributed by atoms with van der Waals surface area (Å²) in [6.45, 7) is 6.96. The number of esters is 1. The van der Waals surface area contributed by atoms with E-state index in [9.17, 15) is 14.7 Å². The van der Waals surface area contributed by atoms with E-state index < -0.39 is 30.1 Å². The minimum absolute atomic E-state index is 0.250. The summed E-state index contributed by atoms with van der Waals surface area (Å²) >= 11 is 0. The summed E-state index contributed by atoms with van der Waals surface area (Å²) in [5.74, 6) is -0.637. The largest absolute Gasteiger partial charge is 0.458 e. The zero-order valence-electron chi connectivity index (χ0n) is 22.9. The van der Waals surface area contributed by atoms with Gasteiger partial charge in [0.25, 0.3) is 5.91 Å². The van der Waals surface area contributed by atoms with Crippen molar-refractivity contribution in [3.05, 3.63) is 83.4 Å². The van der Waals surface area contributed by atoms with E-state index >= 15 is 0 Å². The number of amides is 1. The van der Waals surface area contributed by atoms with E-state index in [-0.39, 0.29) is 6.04 Å². The van der Waals surface area contributed by atoms with Crippen LogP contribution < -0.4 is 10.6 Å². The topological polar surface area (TPSA) is 87.7 Å². The molecule has 1 saturated carbocycles. The van der Waals surface area contributed by atoms with E-state index in [1.54, 1.807) is 32.9 Å². The Bertz CT molecular complexity index is 1240. The number of benzene rings is 3. The molecule has 1 aliphatic rings. The number of fused-ring (bicyclic) bond motifs is 1. The molecular weight excluding hydrogens is 476 g/mol. The second kappa shape index (κ2) is 12.1. The minimum Gasteiger partial charge on any atom is -0.458 e. The molecule has 38 heavy (non-hydrogen) atoms. The summed E-state index contributed by atoms with van der Waals surface area (Å²) in [7, 11) is 0. The summed E-state index contributed by atoms with van der Waals surface area (Å²) in [4.78, 5) is 25.0. The van der Waals surface area contributed by atoms with Gasteiger partial charge in [0, 0.05) is 17.6 Å². The van der Waals surface area contributed by atoms with Crippen LogP contribution in [0.25, 0.3) is 10.8 Å². The molecular formula is C32H40N2O4. The molecule has 4 rings (SSSR count). The van der Waals surface area contributed by atoms with Crippen molar-refractivity contribution in [1.29, 1.82) is 0 Å². The van der Waals surface area contributed by atoms with Gasteiger partial charge >= 0.3 is 5.97 Å². The van der Waals surface area contributed by atoms with Crippen LogP contribution in [-0.2, 0) is 9.53 Å². The maximum absolute atomic E-state index is 12.7.